The van der Waals surface area contributed by atoms with Crippen LogP contribution in [-0.4, -0.2) is 68.8 Å². The number of carbonyl (C=O) groups excluding carboxylic acids is 1. The molecule has 0 aliphatic carbocycles. The number of nitrogens with zero attached hydrogens (tertiary/aromatic N) is 2. The molecule has 1 aliphatic rings. The third-order valence-corrected chi connectivity index (χ3v) is 7.95. The first kappa shape index (κ1) is 30.7. The zero-order chi connectivity index (χ0) is 26.7. The number of hydrogen-bond donors (Lipinski definition) is 1. The summed E-state index contributed by atoms with van der Waals surface area (Å²) in [5, 5.41) is 0.837. The summed E-state index contributed by atoms with van der Waals surface area (Å²) in [5.41, 5.74) is 3.08. The molecule has 1 radical (unpaired) electrons. The van der Waals surface area contributed by atoms with Crippen molar-refractivity contribution in [2.45, 2.75) is 26.0 Å². The standard InChI is InChI=1S/C26H26Cl2FN3O4S.Na/c1-31(2)37(34,35)30-26(33)22-5-3-7-24-21(22)6-4-12-32(24)15-18-13-19(27)10-11-25(18)36-16-17-8-9-20(28)14-23(17)29;/h3,5,7-11,13-14H,4,6,12,15-16H2,1-2H3,(H,30,33);. The van der Waals surface area contributed by atoms with E-state index >= 15 is 0 Å². The molecule has 197 valence electrons. The Morgan fingerprint density at radius 3 is 2.50 bits per heavy atom. The Bertz CT molecular complexity index is 1440. The molecule has 1 amide bonds. The zero-order valence-corrected chi connectivity index (χ0v) is 25.6. The molecular weight excluding hydrogens is 563 g/mol. The summed E-state index contributed by atoms with van der Waals surface area (Å²) in [6.45, 7) is 1.15. The normalized spacial score (nSPS) is 13.1. The van der Waals surface area contributed by atoms with E-state index in [1.54, 1.807) is 42.5 Å². The van der Waals surface area contributed by atoms with Crippen molar-refractivity contribution in [1.82, 2.24) is 9.03 Å². The molecular formula is C26H26Cl2FN3NaO4S. The Hall–Kier alpha value is -1.85. The van der Waals surface area contributed by atoms with Crippen LogP contribution in [0.5, 0.6) is 5.75 Å². The number of carbonyl (C=O) groups is 1. The van der Waals surface area contributed by atoms with Gasteiger partial charge >= 0.3 is 10.2 Å². The largest absolute Gasteiger partial charge is 0.488 e. The van der Waals surface area contributed by atoms with Gasteiger partial charge in [-0.05, 0) is 60.9 Å². The van der Waals surface area contributed by atoms with Crippen molar-refractivity contribution in [2.24, 2.45) is 0 Å². The Morgan fingerprint density at radius 2 is 1.79 bits per heavy atom. The van der Waals surface area contributed by atoms with E-state index in [1.807, 2.05) is 6.07 Å². The zero-order valence-electron chi connectivity index (χ0n) is 21.3. The molecule has 38 heavy (non-hydrogen) atoms. The average Bonchev–Trinajstić information content (AvgIpc) is 2.84. The molecule has 1 aliphatic heterocycles. The number of hydrogen-bond acceptors (Lipinski definition) is 5. The Kier molecular flexibility index (Phi) is 10.5. The molecule has 0 saturated carbocycles. The molecule has 0 atom stereocenters. The number of fused-ring (bicyclic) bond motifs is 1. The first-order valence-electron chi connectivity index (χ1n) is 11.5. The number of amides is 1. The first-order valence-corrected chi connectivity index (χ1v) is 13.7. The summed E-state index contributed by atoms with van der Waals surface area (Å²) in [5.74, 6) is -0.573. The first-order chi connectivity index (χ1) is 17.5. The maximum absolute atomic E-state index is 14.2. The molecule has 0 fully saturated rings. The van der Waals surface area contributed by atoms with Crippen molar-refractivity contribution in [1.29, 1.82) is 0 Å². The second kappa shape index (κ2) is 13.0. The minimum absolute atomic E-state index is 0. The third kappa shape index (κ3) is 7.21. The quantitative estimate of drug-likeness (QED) is 0.382. The number of halogens is 3. The molecule has 4 rings (SSSR count). The van der Waals surface area contributed by atoms with Crippen LogP contribution in [0.15, 0.2) is 54.6 Å². The maximum Gasteiger partial charge on any atom is 0.303 e. The van der Waals surface area contributed by atoms with Gasteiger partial charge in [0.05, 0.1) is 0 Å². The Morgan fingerprint density at radius 1 is 1.08 bits per heavy atom. The van der Waals surface area contributed by atoms with Crippen molar-refractivity contribution in [2.75, 3.05) is 25.5 Å². The molecule has 0 aromatic heterocycles. The van der Waals surface area contributed by atoms with Crippen molar-refractivity contribution >= 4 is 74.6 Å². The topological polar surface area (TPSA) is 79.0 Å². The summed E-state index contributed by atoms with van der Waals surface area (Å²) in [7, 11) is -1.22. The van der Waals surface area contributed by atoms with Crippen LogP contribution >= 0.6 is 23.2 Å². The molecule has 12 heteroatoms. The molecule has 3 aromatic rings. The molecule has 3 aromatic carbocycles. The minimum atomic E-state index is -3.92. The van der Waals surface area contributed by atoms with Crippen molar-refractivity contribution < 1.29 is 22.3 Å². The summed E-state index contributed by atoms with van der Waals surface area (Å²) in [6.07, 6.45) is 1.40. The minimum Gasteiger partial charge on any atom is -0.488 e. The molecule has 0 saturated heterocycles. The predicted molar refractivity (Wildman–Crippen MR) is 149 cm³/mol. The van der Waals surface area contributed by atoms with Gasteiger partial charge in [-0.3, -0.25) is 4.79 Å². The van der Waals surface area contributed by atoms with E-state index in [-0.39, 0.29) is 36.2 Å². The van der Waals surface area contributed by atoms with Gasteiger partial charge in [-0.2, -0.15) is 12.7 Å². The average molecular weight is 589 g/mol. The van der Waals surface area contributed by atoms with E-state index in [2.05, 4.69) is 9.62 Å². The van der Waals surface area contributed by atoms with Crippen LogP contribution in [0.4, 0.5) is 10.1 Å². The molecule has 7 nitrogen and oxygen atoms in total. The van der Waals surface area contributed by atoms with E-state index in [0.717, 1.165) is 27.5 Å². The number of rotatable bonds is 8. The summed E-state index contributed by atoms with van der Waals surface area (Å²) >= 11 is 12.1. The SMILES string of the molecule is CN(C)S(=O)(=O)NC(=O)c1cccc2c1CCCN2Cc1cc(Cl)ccc1OCc1ccc(Cl)cc1F.[Na]. The molecule has 1 N–H and O–H groups in total. The van der Waals surface area contributed by atoms with Gasteiger partial charge in [0, 0.05) is 89.2 Å². The van der Waals surface area contributed by atoms with Gasteiger partial charge in [-0.25, -0.2) is 9.11 Å². The van der Waals surface area contributed by atoms with Crippen molar-refractivity contribution in [3.8, 4) is 5.75 Å². The smallest absolute Gasteiger partial charge is 0.303 e. The summed E-state index contributed by atoms with van der Waals surface area (Å²) < 4.78 is 47.6. The van der Waals surface area contributed by atoms with Crippen LogP contribution in [0.3, 0.4) is 0 Å². The third-order valence-electron chi connectivity index (χ3n) is 6.08. The number of nitrogens with one attached hydrogen (secondary N) is 1. The Balaban J connectivity index is 0.00000400. The van der Waals surface area contributed by atoms with E-state index in [1.165, 1.54) is 20.2 Å². The van der Waals surface area contributed by atoms with Gasteiger partial charge in [0.25, 0.3) is 5.91 Å². The van der Waals surface area contributed by atoms with Crippen LogP contribution in [0.25, 0.3) is 0 Å². The fourth-order valence-corrected chi connectivity index (χ4v) is 5.03. The number of anilines is 1. The van der Waals surface area contributed by atoms with Crippen LogP contribution in [0, 0.1) is 5.82 Å². The van der Waals surface area contributed by atoms with Gasteiger partial charge in [0.15, 0.2) is 0 Å². The number of ether oxygens (including phenoxy) is 1. The van der Waals surface area contributed by atoms with Crippen LogP contribution in [0.2, 0.25) is 10.0 Å². The fraction of sp³-hybridized carbons (Fsp3) is 0.269. The van der Waals surface area contributed by atoms with Gasteiger partial charge in [-0.15, -0.1) is 0 Å². The Labute approximate surface area is 254 Å². The van der Waals surface area contributed by atoms with Gasteiger partial charge in [-0.1, -0.05) is 35.3 Å². The van der Waals surface area contributed by atoms with Crippen LogP contribution in [0.1, 0.15) is 33.5 Å². The fourth-order valence-electron chi connectivity index (χ4n) is 4.15. The van der Waals surface area contributed by atoms with Crippen LogP contribution in [-0.2, 0) is 29.8 Å². The molecule has 1 heterocycles. The molecule has 0 bridgehead atoms. The van der Waals surface area contributed by atoms with Crippen molar-refractivity contribution in [3.05, 3.63) is 92.7 Å². The van der Waals surface area contributed by atoms with E-state index in [0.29, 0.717) is 46.4 Å². The predicted octanol–water partition coefficient (Wildman–Crippen LogP) is 4.82. The van der Waals surface area contributed by atoms with Crippen molar-refractivity contribution in [3.63, 3.8) is 0 Å². The number of benzene rings is 3. The van der Waals surface area contributed by atoms with Crippen LogP contribution < -0.4 is 14.4 Å². The monoisotopic (exact) mass is 588 g/mol. The van der Waals surface area contributed by atoms with Gasteiger partial charge in [0.2, 0.25) is 0 Å². The summed E-state index contributed by atoms with van der Waals surface area (Å²) in [4.78, 5) is 15.0. The van der Waals surface area contributed by atoms with E-state index in [9.17, 15) is 17.6 Å². The maximum atomic E-state index is 14.2. The second-order valence-electron chi connectivity index (χ2n) is 8.82. The second-order valence-corrected chi connectivity index (χ2v) is 11.6. The molecule has 0 spiro atoms. The van der Waals surface area contributed by atoms with E-state index in [4.69, 9.17) is 27.9 Å². The van der Waals surface area contributed by atoms with Gasteiger partial charge < -0.3 is 9.64 Å². The van der Waals surface area contributed by atoms with E-state index < -0.39 is 21.9 Å². The summed E-state index contributed by atoms with van der Waals surface area (Å²) in [6, 6.07) is 14.9. The molecule has 0 unspecified atom stereocenters. The van der Waals surface area contributed by atoms with Gasteiger partial charge in [0.1, 0.15) is 18.2 Å².